The normalized spacial score (nSPS) is 10.2. The number of amides is 1. The number of carboxylic acid groups (broad SMARTS) is 1. The van der Waals surface area contributed by atoms with Gasteiger partial charge in [-0.3, -0.25) is 4.79 Å². The maximum absolute atomic E-state index is 11.9. The third-order valence-corrected chi connectivity index (χ3v) is 3.56. The first-order valence-corrected chi connectivity index (χ1v) is 7.27. The van der Waals surface area contributed by atoms with E-state index in [0.29, 0.717) is 10.7 Å². The summed E-state index contributed by atoms with van der Waals surface area (Å²) in [5, 5.41) is 12.1. The van der Waals surface area contributed by atoms with E-state index in [1.54, 1.807) is 6.07 Å². The van der Waals surface area contributed by atoms with Gasteiger partial charge in [-0.25, -0.2) is 4.79 Å². The Morgan fingerprint density at radius 2 is 1.87 bits per heavy atom. The largest absolute Gasteiger partial charge is 0.483 e. The Morgan fingerprint density at radius 3 is 2.52 bits per heavy atom. The minimum Gasteiger partial charge on any atom is -0.483 e. The van der Waals surface area contributed by atoms with E-state index >= 15 is 0 Å². The zero-order valence-corrected chi connectivity index (χ0v) is 13.5. The summed E-state index contributed by atoms with van der Waals surface area (Å²) < 4.78 is 5.29. The van der Waals surface area contributed by atoms with Crippen LogP contribution >= 0.6 is 11.6 Å². The number of aryl methyl sites for hydroxylation is 2. The van der Waals surface area contributed by atoms with Crippen LogP contribution < -0.4 is 10.1 Å². The molecule has 23 heavy (non-hydrogen) atoms. The summed E-state index contributed by atoms with van der Waals surface area (Å²) in [7, 11) is 0. The third-order valence-electron chi connectivity index (χ3n) is 3.32. The zero-order chi connectivity index (χ0) is 17.0. The number of hydrogen-bond donors (Lipinski definition) is 2. The zero-order valence-electron chi connectivity index (χ0n) is 12.7. The number of nitrogens with one attached hydrogen (secondary N) is 1. The number of halogens is 1. The lowest BCUT2D eigenvalue weighted by Gasteiger charge is -2.11. The maximum Gasteiger partial charge on any atom is 0.339 e. The van der Waals surface area contributed by atoms with Crippen LogP contribution in [0, 0.1) is 13.8 Å². The van der Waals surface area contributed by atoms with Crippen LogP contribution in [0.2, 0.25) is 5.02 Å². The molecule has 0 fully saturated rings. The van der Waals surface area contributed by atoms with Crippen LogP contribution in [0.5, 0.6) is 5.75 Å². The molecule has 0 aliphatic rings. The predicted molar refractivity (Wildman–Crippen MR) is 88.5 cm³/mol. The van der Waals surface area contributed by atoms with Crippen molar-refractivity contribution in [1.82, 2.24) is 0 Å². The molecule has 120 valence electrons. The van der Waals surface area contributed by atoms with E-state index in [-0.39, 0.29) is 23.8 Å². The number of hydrogen-bond acceptors (Lipinski definition) is 3. The molecule has 0 aromatic heterocycles. The van der Waals surface area contributed by atoms with Crippen LogP contribution in [-0.4, -0.2) is 23.6 Å². The van der Waals surface area contributed by atoms with E-state index < -0.39 is 5.97 Å². The molecule has 0 bridgehead atoms. The van der Waals surface area contributed by atoms with Gasteiger partial charge >= 0.3 is 5.97 Å². The van der Waals surface area contributed by atoms with Gasteiger partial charge in [-0.05, 0) is 55.3 Å². The Labute approximate surface area is 138 Å². The maximum atomic E-state index is 11.9. The second-order valence-electron chi connectivity index (χ2n) is 5.08. The lowest BCUT2D eigenvalue weighted by atomic mass is 10.1. The molecule has 0 heterocycles. The Hall–Kier alpha value is -2.53. The number of ether oxygens (including phenoxy) is 1. The van der Waals surface area contributed by atoms with Gasteiger partial charge in [-0.15, -0.1) is 0 Å². The first kappa shape index (κ1) is 16.8. The molecule has 2 aromatic rings. The Balaban J connectivity index is 2.03. The van der Waals surface area contributed by atoms with E-state index in [9.17, 15) is 9.59 Å². The molecule has 0 aliphatic carbocycles. The number of benzene rings is 2. The van der Waals surface area contributed by atoms with Crippen molar-refractivity contribution in [3.05, 3.63) is 58.1 Å². The molecule has 2 aromatic carbocycles. The van der Waals surface area contributed by atoms with Crippen LogP contribution in [-0.2, 0) is 4.79 Å². The van der Waals surface area contributed by atoms with Gasteiger partial charge in [0.25, 0.3) is 5.91 Å². The van der Waals surface area contributed by atoms with Gasteiger partial charge in [0.15, 0.2) is 6.61 Å². The molecule has 6 heteroatoms. The van der Waals surface area contributed by atoms with E-state index in [4.69, 9.17) is 21.4 Å². The van der Waals surface area contributed by atoms with Gasteiger partial charge in [-0.1, -0.05) is 17.7 Å². The fraction of sp³-hybridized carbons (Fsp3) is 0.176. The van der Waals surface area contributed by atoms with Crippen LogP contribution in [0.25, 0.3) is 0 Å². The molecular formula is C17H16ClNO4. The van der Waals surface area contributed by atoms with Crippen molar-refractivity contribution in [2.75, 3.05) is 11.9 Å². The summed E-state index contributed by atoms with van der Waals surface area (Å²) in [4.78, 5) is 23.0. The van der Waals surface area contributed by atoms with E-state index in [1.807, 2.05) is 26.0 Å². The van der Waals surface area contributed by atoms with Gasteiger partial charge in [0.1, 0.15) is 11.3 Å². The quantitative estimate of drug-likeness (QED) is 0.875. The van der Waals surface area contributed by atoms with Gasteiger partial charge < -0.3 is 15.2 Å². The number of carbonyl (C=O) groups excluding carboxylic acids is 1. The first-order valence-electron chi connectivity index (χ1n) is 6.89. The molecule has 0 unspecified atom stereocenters. The first-order chi connectivity index (χ1) is 10.9. The molecule has 0 spiro atoms. The number of rotatable bonds is 5. The smallest absolute Gasteiger partial charge is 0.339 e. The second kappa shape index (κ2) is 7.15. The average Bonchev–Trinajstić information content (AvgIpc) is 2.48. The summed E-state index contributed by atoms with van der Waals surface area (Å²) >= 11 is 5.83. The number of anilines is 1. The minimum absolute atomic E-state index is 0.0478. The van der Waals surface area contributed by atoms with Gasteiger partial charge in [-0.2, -0.15) is 0 Å². The van der Waals surface area contributed by atoms with Crippen molar-refractivity contribution in [3.63, 3.8) is 0 Å². The number of aromatic carboxylic acids is 1. The van der Waals surface area contributed by atoms with Gasteiger partial charge in [0.2, 0.25) is 0 Å². The molecule has 5 nitrogen and oxygen atoms in total. The molecule has 0 radical (unpaired) electrons. The van der Waals surface area contributed by atoms with Crippen molar-refractivity contribution < 1.29 is 19.4 Å². The van der Waals surface area contributed by atoms with Crippen molar-refractivity contribution >= 4 is 29.2 Å². The molecular weight excluding hydrogens is 318 g/mol. The molecule has 0 saturated heterocycles. The summed E-state index contributed by atoms with van der Waals surface area (Å²) in [6.07, 6.45) is 0. The summed E-state index contributed by atoms with van der Waals surface area (Å²) in [6.45, 7) is 3.62. The van der Waals surface area contributed by atoms with E-state index in [0.717, 1.165) is 11.1 Å². The van der Waals surface area contributed by atoms with Crippen molar-refractivity contribution in [2.45, 2.75) is 13.8 Å². The standard InChI is InChI=1S/C17H16ClNO4/c1-10-3-5-13(7-11(10)2)19-16(20)9-23-15-8-12(18)4-6-14(15)17(21)22/h3-8H,9H2,1-2H3,(H,19,20)(H,21,22). The fourth-order valence-corrected chi connectivity index (χ4v) is 2.11. The molecule has 1 amide bonds. The Morgan fingerprint density at radius 1 is 1.13 bits per heavy atom. The molecule has 2 rings (SSSR count). The second-order valence-corrected chi connectivity index (χ2v) is 5.52. The molecule has 0 atom stereocenters. The highest BCUT2D eigenvalue weighted by Gasteiger charge is 2.13. The average molecular weight is 334 g/mol. The lowest BCUT2D eigenvalue weighted by Crippen LogP contribution is -2.21. The summed E-state index contributed by atoms with van der Waals surface area (Å²) in [5.74, 6) is -1.48. The third kappa shape index (κ3) is 4.47. The van der Waals surface area contributed by atoms with Gasteiger partial charge in [0, 0.05) is 10.7 Å². The van der Waals surface area contributed by atoms with E-state index in [1.165, 1.54) is 18.2 Å². The van der Waals surface area contributed by atoms with Gasteiger partial charge in [0.05, 0.1) is 0 Å². The number of carboxylic acids is 1. The SMILES string of the molecule is Cc1ccc(NC(=O)COc2cc(Cl)ccc2C(=O)O)cc1C. The highest BCUT2D eigenvalue weighted by Crippen LogP contribution is 2.23. The predicted octanol–water partition coefficient (Wildman–Crippen LogP) is 3.67. The lowest BCUT2D eigenvalue weighted by molar-refractivity contribution is -0.118. The monoisotopic (exact) mass is 333 g/mol. The van der Waals surface area contributed by atoms with Crippen LogP contribution in [0.1, 0.15) is 21.5 Å². The highest BCUT2D eigenvalue weighted by molar-refractivity contribution is 6.30. The van der Waals surface area contributed by atoms with Crippen LogP contribution in [0.4, 0.5) is 5.69 Å². The van der Waals surface area contributed by atoms with Crippen LogP contribution in [0.3, 0.4) is 0 Å². The number of carbonyl (C=O) groups is 2. The Bertz CT molecular complexity index is 758. The van der Waals surface area contributed by atoms with Crippen LogP contribution in [0.15, 0.2) is 36.4 Å². The van der Waals surface area contributed by atoms with Crippen molar-refractivity contribution in [3.8, 4) is 5.75 Å². The summed E-state index contributed by atoms with van der Waals surface area (Å²) in [5.41, 5.74) is 2.80. The molecule has 0 aliphatic heterocycles. The van der Waals surface area contributed by atoms with Crippen molar-refractivity contribution in [1.29, 1.82) is 0 Å². The molecule has 2 N–H and O–H groups in total. The summed E-state index contributed by atoms with van der Waals surface area (Å²) in [6, 6.07) is 9.71. The highest BCUT2D eigenvalue weighted by atomic mass is 35.5. The Kier molecular flexibility index (Phi) is 5.24. The fourth-order valence-electron chi connectivity index (χ4n) is 1.95. The minimum atomic E-state index is -1.15. The van der Waals surface area contributed by atoms with Crippen molar-refractivity contribution in [2.24, 2.45) is 0 Å². The molecule has 0 saturated carbocycles. The topological polar surface area (TPSA) is 75.6 Å². The van der Waals surface area contributed by atoms with E-state index in [2.05, 4.69) is 5.32 Å².